The monoisotopic (exact) mass is 374 g/mol. The van der Waals surface area contributed by atoms with Crippen LogP contribution < -0.4 is 0 Å². The summed E-state index contributed by atoms with van der Waals surface area (Å²) in [4.78, 5) is 0. The van der Waals surface area contributed by atoms with Crippen molar-refractivity contribution in [2.45, 2.75) is 31.0 Å². The molecule has 0 aromatic heterocycles. The van der Waals surface area contributed by atoms with E-state index in [0.29, 0.717) is 0 Å². The minimum atomic E-state index is -2.76. The fourth-order valence-electron chi connectivity index (χ4n) is 2.37. The fraction of sp³-hybridized carbons (Fsp3) is 1.00. The zero-order chi connectivity index (χ0) is 14.9. The van der Waals surface area contributed by atoms with Gasteiger partial charge in [-0.3, -0.25) is 0 Å². The second-order valence-corrected chi connectivity index (χ2v) is 12.8. The summed E-state index contributed by atoms with van der Waals surface area (Å²) >= 11 is 3.45. The lowest BCUT2D eigenvalue weighted by Gasteiger charge is -2.39. The number of hydrogen-bond acceptors (Lipinski definition) is 5. The van der Waals surface area contributed by atoms with Crippen molar-refractivity contribution in [3.63, 3.8) is 0 Å². The second-order valence-electron chi connectivity index (χ2n) is 4.30. The van der Waals surface area contributed by atoms with E-state index < -0.39 is 17.4 Å². The highest BCUT2D eigenvalue weighted by Crippen LogP contribution is 2.37. The Labute approximate surface area is 127 Å². The van der Waals surface area contributed by atoms with E-state index in [4.69, 9.17) is 22.1 Å². The summed E-state index contributed by atoms with van der Waals surface area (Å²) in [5.41, 5.74) is 0. The van der Waals surface area contributed by atoms with E-state index in [1.165, 1.54) is 0 Å². The van der Waals surface area contributed by atoms with Gasteiger partial charge in [0.05, 0.1) is 5.16 Å². The van der Waals surface area contributed by atoms with E-state index >= 15 is 0 Å². The van der Waals surface area contributed by atoms with Gasteiger partial charge in [0.2, 0.25) is 0 Å². The van der Waals surface area contributed by atoms with Gasteiger partial charge < -0.3 is 22.1 Å². The maximum Gasteiger partial charge on any atom is 0.505 e. The van der Waals surface area contributed by atoms with Gasteiger partial charge in [0, 0.05) is 40.9 Å². The highest BCUT2D eigenvalue weighted by atomic mass is 79.9. The first kappa shape index (κ1) is 19.7. The highest BCUT2D eigenvalue weighted by Gasteiger charge is 2.58. The molecule has 0 heterocycles. The summed E-state index contributed by atoms with van der Waals surface area (Å²) in [5.74, 6) is 0. The van der Waals surface area contributed by atoms with Crippen LogP contribution in [0.2, 0.25) is 11.2 Å². The molecular formula is C11H27BrO5Si2. The Morgan fingerprint density at radius 1 is 0.842 bits per heavy atom. The molecule has 1 atom stereocenters. The largest absolute Gasteiger partial charge is 0.505 e. The van der Waals surface area contributed by atoms with E-state index in [0.717, 1.165) is 24.2 Å². The Balaban J connectivity index is 5.12. The molecule has 0 aromatic carbocycles. The van der Waals surface area contributed by atoms with Crippen molar-refractivity contribution in [3.05, 3.63) is 0 Å². The first-order valence-electron chi connectivity index (χ1n) is 6.34. The lowest BCUT2D eigenvalue weighted by atomic mass is 10.4. The van der Waals surface area contributed by atoms with Crippen molar-refractivity contribution < 1.29 is 22.1 Å². The van der Waals surface area contributed by atoms with Crippen molar-refractivity contribution in [2.75, 3.05) is 40.9 Å². The molecule has 5 nitrogen and oxygen atoms in total. The summed E-state index contributed by atoms with van der Waals surface area (Å²) < 4.78 is 28.3. The Hall–Kier alpha value is 0.714. The van der Waals surface area contributed by atoms with Gasteiger partial charge in [0.15, 0.2) is 0 Å². The van der Waals surface area contributed by atoms with Gasteiger partial charge >= 0.3 is 17.4 Å². The van der Waals surface area contributed by atoms with E-state index in [-0.39, 0.29) is 5.16 Å². The molecule has 0 amide bonds. The summed E-state index contributed by atoms with van der Waals surface area (Å²) in [7, 11) is 3.11. The van der Waals surface area contributed by atoms with Crippen LogP contribution in [0.1, 0.15) is 19.8 Å². The SMILES string of the molecule is CO[Si](CCCCBr)(OC)C(C)[Si](OC)(OC)OC. The van der Waals surface area contributed by atoms with Gasteiger partial charge in [-0.1, -0.05) is 29.3 Å². The minimum absolute atomic E-state index is 0.00493. The van der Waals surface area contributed by atoms with Gasteiger partial charge in [-0.25, -0.2) is 0 Å². The van der Waals surface area contributed by atoms with Gasteiger partial charge in [-0.15, -0.1) is 0 Å². The molecule has 19 heavy (non-hydrogen) atoms. The van der Waals surface area contributed by atoms with E-state index in [2.05, 4.69) is 22.9 Å². The van der Waals surface area contributed by atoms with Crippen molar-refractivity contribution >= 4 is 33.3 Å². The van der Waals surface area contributed by atoms with Crippen molar-refractivity contribution in [1.29, 1.82) is 0 Å². The molecular weight excluding hydrogens is 348 g/mol. The normalized spacial score (nSPS) is 14.7. The molecule has 0 spiro atoms. The molecule has 0 aliphatic rings. The van der Waals surface area contributed by atoms with E-state index in [1.54, 1.807) is 35.5 Å². The molecule has 0 bridgehead atoms. The molecule has 1 unspecified atom stereocenters. The zero-order valence-electron chi connectivity index (χ0n) is 12.8. The third-order valence-electron chi connectivity index (χ3n) is 3.64. The number of alkyl halides is 1. The lowest BCUT2D eigenvalue weighted by molar-refractivity contribution is 0.111. The third-order valence-corrected chi connectivity index (χ3v) is 13.1. The van der Waals surface area contributed by atoms with Gasteiger partial charge in [0.1, 0.15) is 0 Å². The topological polar surface area (TPSA) is 46.2 Å². The highest BCUT2D eigenvalue weighted by molar-refractivity contribution is 9.09. The number of unbranched alkanes of at least 4 members (excludes halogenated alkanes) is 1. The Morgan fingerprint density at radius 3 is 1.63 bits per heavy atom. The van der Waals surface area contributed by atoms with Crippen molar-refractivity contribution in [1.82, 2.24) is 0 Å². The summed E-state index contributed by atoms with van der Waals surface area (Å²) in [6.07, 6.45) is 2.14. The van der Waals surface area contributed by atoms with Crippen LogP contribution in [0.15, 0.2) is 0 Å². The average molecular weight is 375 g/mol. The Morgan fingerprint density at radius 2 is 1.32 bits per heavy atom. The second kappa shape index (κ2) is 9.61. The smallest absolute Gasteiger partial charge is 0.397 e. The predicted molar refractivity (Wildman–Crippen MR) is 83.8 cm³/mol. The van der Waals surface area contributed by atoms with Crippen molar-refractivity contribution in [2.24, 2.45) is 0 Å². The van der Waals surface area contributed by atoms with Crippen LogP contribution in [0.4, 0.5) is 0 Å². The van der Waals surface area contributed by atoms with Crippen LogP contribution >= 0.6 is 15.9 Å². The molecule has 0 saturated carbocycles. The molecule has 0 fully saturated rings. The van der Waals surface area contributed by atoms with Crippen LogP contribution in [0, 0.1) is 0 Å². The lowest BCUT2D eigenvalue weighted by Crippen LogP contribution is -2.59. The average Bonchev–Trinajstić information content (AvgIpc) is 2.46. The molecule has 0 radical (unpaired) electrons. The van der Waals surface area contributed by atoms with Crippen LogP contribution in [0.3, 0.4) is 0 Å². The van der Waals surface area contributed by atoms with Crippen molar-refractivity contribution in [3.8, 4) is 0 Å². The molecule has 8 heteroatoms. The third kappa shape index (κ3) is 4.60. The van der Waals surface area contributed by atoms with Crippen LogP contribution in [-0.2, 0) is 22.1 Å². The van der Waals surface area contributed by atoms with Gasteiger partial charge in [-0.2, -0.15) is 0 Å². The van der Waals surface area contributed by atoms with Gasteiger partial charge in [-0.05, 0) is 12.5 Å². The molecule has 0 N–H and O–H groups in total. The summed E-state index contributed by atoms with van der Waals surface area (Å²) in [6.45, 7) is 2.05. The van der Waals surface area contributed by atoms with E-state index in [1.807, 2.05) is 0 Å². The van der Waals surface area contributed by atoms with Crippen LogP contribution in [0.25, 0.3) is 0 Å². The first-order valence-corrected chi connectivity index (χ1v) is 11.4. The predicted octanol–water partition coefficient (Wildman–Crippen LogP) is 2.70. The molecule has 0 aliphatic carbocycles. The fourth-order valence-corrected chi connectivity index (χ4v) is 11.1. The molecule has 0 saturated heterocycles. The van der Waals surface area contributed by atoms with Crippen LogP contribution in [-0.4, -0.2) is 58.2 Å². The molecule has 116 valence electrons. The summed E-state index contributed by atoms with van der Waals surface area (Å²) in [5, 5.41) is 0.992. The first-order chi connectivity index (χ1) is 9.02. The zero-order valence-corrected chi connectivity index (χ0v) is 16.4. The maximum atomic E-state index is 5.80. The molecule has 0 aliphatic heterocycles. The van der Waals surface area contributed by atoms with Gasteiger partial charge in [0.25, 0.3) is 0 Å². The Kier molecular flexibility index (Phi) is 9.98. The molecule has 0 aromatic rings. The van der Waals surface area contributed by atoms with Crippen LogP contribution in [0.5, 0.6) is 0 Å². The standard InChI is InChI=1S/C11H27BrO5Si2/c1-11(19(15-4,16-5)17-6)18(13-2,14-3)10-8-7-9-12/h11H,7-10H2,1-6H3. The number of hydrogen-bond donors (Lipinski definition) is 0. The quantitative estimate of drug-likeness (QED) is 0.316. The maximum absolute atomic E-state index is 5.80. The molecule has 0 rings (SSSR count). The van der Waals surface area contributed by atoms with E-state index in [9.17, 15) is 0 Å². The number of rotatable bonds is 11. The number of halogens is 1. The minimum Gasteiger partial charge on any atom is -0.397 e. The Bertz CT molecular complexity index is 229. The summed E-state index contributed by atoms with van der Waals surface area (Å²) in [6, 6.07) is 0.900.